The molecule has 2 rings (SSSR count). The van der Waals surface area contributed by atoms with E-state index in [1.807, 2.05) is 6.92 Å². The number of anilines is 1. The lowest BCUT2D eigenvalue weighted by Gasteiger charge is -2.08. The van der Waals surface area contributed by atoms with Crippen LogP contribution in [0.25, 0.3) is 10.3 Å². The standard InChI is InChI=1S/C13H18N4O2S/c1-8(7-18)3-2-4-16-12(19)11-9(14)10-13(20-11)17-6-5-15-10/h5-6,8,18H,2-4,7,14H2,1H3,(H,16,19). The molecule has 1 amide bonds. The van der Waals surface area contributed by atoms with E-state index in [4.69, 9.17) is 10.8 Å². The fourth-order valence-corrected chi connectivity index (χ4v) is 2.77. The lowest BCUT2D eigenvalue weighted by molar-refractivity contribution is 0.0957. The van der Waals surface area contributed by atoms with Gasteiger partial charge in [0.2, 0.25) is 0 Å². The second kappa shape index (κ2) is 6.62. The normalized spacial score (nSPS) is 12.5. The van der Waals surface area contributed by atoms with Crippen molar-refractivity contribution < 1.29 is 9.90 Å². The third-order valence-electron chi connectivity index (χ3n) is 3.04. The molecule has 0 aromatic carbocycles. The van der Waals surface area contributed by atoms with Gasteiger partial charge in [0.05, 0.1) is 5.69 Å². The molecule has 6 nitrogen and oxygen atoms in total. The Hall–Kier alpha value is -1.73. The van der Waals surface area contributed by atoms with Gasteiger partial charge in [-0.25, -0.2) is 9.97 Å². The Bertz CT molecular complexity index is 599. The smallest absolute Gasteiger partial charge is 0.263 e. The highest BCUT2D eigenvalue weighted by Crippen LogP contribution is 2.30. The molecule has 0 aliphatic carbocycles. The van der Waals surface area contributed by atoms with Crippen molar-refractivity contribution >= 4 is 33.3 Å². The van der Waals surface area contributed by atoms with Gasteiger partial charge in [-0.2, -0.15) is 0 Å². The predicted molar refractivity (Wildman–Crippen MR) is 79.6 cm³/mol. The summed E-state index contributed by atoms with van der Waals surface area (Å²) < 4.78 is 0. The number of carbonyl (C=O) groups excluding carboxylic acids is 1. The van der Waals surface area contributed by atoms with Crippen LogP contribution in [0.5, 0.6) is 0 Å². The topological polar surface area (TPSA) is 101 Å². The van der Waals surface area contributed by atoms with E-state index in [2.05, 4.69) is 15.3 Å². The van der Waals surface area contributed by atoms with E-state index in [9.17, 15) is 4.79 Å². The van der Waals surface area contributed by atoms with Gasteiger partial charge in [0.1, 0.15) is 15.2 Å². The van der Waals surface area contributed by atoms with Gasteiger partial charge in [-0.1, -0.05) is 6.92 Å². The van der Waals surface area contributed by atoms with Crippen LogP contribution in [0.15, 0.2) is 12.4 Å². The number of amides is 1. The highest BCUT2D eigenvalue weighted by molar-refractivity contribution is 7.21. The number of aromatic nitrogens is 2. The van der Waals surface area contributed by atoms with Crippen molar-refractivity contribution in [2.45, 2.75) is 19.8 Å². The van der Waals surface area contributed by atoms with E-state index >= 15 is 0 Å². The number of carbonyl (C=O) groups is 1. The summed E-state index contributed by atoms with van der Waals surface area (Å²) in [6.07, 6.45) is 4.84. The summed E-state index contributed by atoms with van der Waals surface area (Å²) in [4.78, 5) is 21.5. The molecule has 0 spiro atoms. The largest absolute Gasteiger partial charge is 0.396 e. The van der Waals surface area contributed by atoms with Gasteiger partial charge in [0.15, 0.2) is 0 Å². The molecule has 0 aliphatic heterocycles. The van der Waals surface area contributed by atoms with Crippen LogP contribution in [-0.2, 0) is 0 Å². The summed E-state index contributed by atoms with van der Waals surface area (Å²) in [5, 5.41) is 11.8. The van der Waals surface area contributed by atoms with Gasteiger partial charge in [0, 0.05) is 25.5 Å². The van der Waals surface area contributed by atoms with Crippen LogP contribution in [0.3, 0.4) is 0 Å². The Kier molecular flexibility index (Phi) is 4.86. The summed E-state index contributed by atoms with van der Waals surface area (Å²) in [7, 11) is 0. The first-order valence-electron chi connectivity index (χ1n) is 6.51. The number of thiophene rings is 1. The average Bonchev–Trinajstić information content (AvgIpc) is 2.81. The molecule has 4 N–H and O–H groups in total. The van der Waals surface area contributed by atoms with Crippen molar-refractivity contribution in [2.75, 3.05) is 18.9 Å². The maximum atomic E-state index is 12.1. The molecule has 2 aromatic heterocycles. The maximum absolute atomic E-state index is 12.1. The van der Waals surface area contributed by atoms with E-state index in [0.29, 0.717) is 27.5 Å². The minimum Gasteiger partial charge on any atom is -0.396 e. The van der Waals surface area contributed by atoms with Gasteiger partial charge in [-0.05, 0) is 18.8 Å². The van der Waals surface area contributed by atoms with Crippen LogP contribution in [0.2, 0.25) is 0 Å². The predicted octanol–water partition coefficient (Wildman–Crippen LogP) is 1.41. The zero-order valence-electron chi connectivity index (χ0n) is 11.3. The molecule has 20 heavy (non-hydrogen) atoms. The van der Waals surface area contributed by atoms with Gasteiger partial charge in [0.25, 0.3) is 5.91 Å². The lowest BCUT2D eigenvalue weighted by atomic mass is 10.1. The molecule has 2 heterocycles. The highest BCUT2D eigenvalue weighted by atomic mass is 32.1. The molecule has 0 fully saturated rings. The van der Waals surface area contributed by atoms with E-state index in [1.165, 1.54) is 11.3 Å². The minimum absolute atomic E-state index is 0.175. The molecular formula is C13H18N4O2S. The molecule has 2 aromatic rings. The van der Waals surface area contributed by atoms with Gasteiger partial charge in [-0.3, -0.25) is 4.79 Å². The van der Waals surface area contributed by atoms with E-state index in [-0.39, 0.29) is 18.4 Å². The number of nitrogen functional groups attached to an aromatic ring is 1. The molecular weight excluding hydrogens is 276 g/mol. The van der Waals surface area contributed by atoms with Crippen molar-refractivity contribution in [1.82, 2.24) is 15.3 Å². The first-order valence-corrected chi connectivity index (χ1v) is 7.33. The Morgan fingerprint density at radius 3 is 2.95 bits per heavy atom. The van der Waals surface area contributed by atoms with Crippen LogP contribution in [-0.4, -0.2) is 34.1 Å². The lowest BCUT2D eigenvalue weighted by Crippen LogP contribution is -2.24. The van der Waals surface area contributed by atoms with Crippen LogP contribution in [0, 0.1) is 5.92 Å². The van der Waals surface area contributed by atoms with E-state index in [0.717, 1.165) is 12.8 Å². The molecule has 0 radical (unpaired) electrons. The number of aliphatic hydroxyl groups is 1. The molecule has 0 saturated heterocycles. The first kappa shape index (κ1) is 14.7. The van der Waals surface area contributed by atoms with Crippen molar-refractivity contribution in [1.29, 1.82) is 0 Å². The number of hydrogen-bond acceptors (Lipinski definition) is 6. The summed E-state index contributed by atoms with van der Waals surface area (Å²) in [5.41, 5.74) is 6.90. The SMILES string of the molecule is CC(CO)CCCNC(=O)c1sc2nccnc2c1N. The summed E-state index contributed by atoms with van der Waals surface area (Å²) >= 11 is 1.25. The summed E-state index contributed by atoms with van der Waals surface area (Å²) in [6, 6.07) is 0. The molecule has 1 unspecified atom stereocenters. The number of hydrogen-bond donors (Lipinski definition) is 3. The Balaban J connectivity index is 1.96. The molecule has 1 atom stereocenters. The minimum atomic E-state index is -0.191. The van der Waals surface area contributed by atoms with E-state index < -0.39 is 0 Å². The van der Waals surface area contributed by atoms with Gasteiger partial charge >= 0.3 is 0 Å². The zero-order chi connectivity index (χ0) is 14.5. The zero-order valence-corrected chi connectivity index (χ0v) is 12.1. The number of nitrogens with two attached hydrogens (primary N) is 1. The van der Waals surface area contributed by atoms with Crippen molar-refractivity contribution in [3.05, 3.63) is 17.3 Å². The molecule has 0 aliphatic rings. The Labute approximate surface area is 121 Å². The number of aliphatic hydroxyl groups excluding tert-OH is 1. The van der Waals surface area contributed by atoms with Crippen LogP contribution in [0.4, 0.5) is 5.69 Å². The van der Waals surface area contributed by atoms with Gasteiger partial charge in [-0.15, -0.1) is 11.3 Å². The average molecular weight is 294 g/mol. The van der Waals surface area contributed by atoms with E-state index in [1.54, 1.807) is 12.4 Å². The highest BCUT2D eigenvalue weighted by Gasteiger charge is 2.17. The molecule has 0 saturated carbocycles. The van der Waals surface area contributed by atoms with Crippen LogP contribution < -0.4 is 11.1 Å². The Morgan fingerprint density at radius 2 is 2.25 bits per heavy atom. The summed E-state index contributed by atoms with van der Waals surface area (Å²) in [5.74, 6) is 0.0682. The number of nitrogens with one attached hydrogen (secondary N) is 1. The second-order valence-corrected chi connectivity index (χ2v) is 5.74. The number of rotatable bonds is 6. The maximum Gasteiger partial charge on any atom is 0.263 e. The van der Waals surface area contributed by atoms with Crippen molar-refractivity contribution in [2.24, 2.45) is 5.92 Å². The summed E-state index contributed by atoms with van der Waals surface area (Å²) in [6.45, 7) is 2.72. The van der Waals surface area contributed by atoms with Crippen LogP contribution in [0.1, 0.15) is 29.4 Å². The number of fused-ring (bicyclic) bond motifs is 1. The molecule has 0 bridgehead atoms. The third kappa shape index (κ3) is 3.23. The van der Waals surface area contributed by atoms with Crippen molar-refractivity contribution in [3.8, 4) is 0 Å². The fourth-order valence-electron chi connectivity index (χ4n) is 1.84. The van der Waals surface area contributed by atoms with Crippen LogP contribution >= 0.6 is 11.3 Å². The van der Waals surface area contributed by atoms with Gasteiger partial charge < -0.3 is 16.2 Å². The van der Waals surface area contributed by atoms with Crippen molar-refractivity contribution in [3.63, 3.8) is 0 Å². The molecule has 7 heteroatoms. The quantitative estimate of drug-likeness (QED) is 0.699. The second-order valence-electron chi connectivity index (χ2n) is 4.74. The molecule has 108 valence electrons. The Morgan fingerprint density at radius 1 is 1.50 bits per heavy atom. The monoisotopic (exact) mass is 294 g/mol. The number of nitrogens with zero attached hydrogens (tertiary/aromatic N) is 2. The third-order valence-corrected chi connectivity index (χ3v) is 4.14. The first-order chi connectivity index (χ1) is 9.63. The fraction of sp³-hybridized carbons (Fsp3) is 0.462.